The molecule has 22 heavy (non-hydrogen) atoms. The van der Waals surface area contributed by atoms with Crippen molar-refractivity contribution in [2.75, 3.05) is 45.8 Å². The third-order valence-electron chi connectivity index (χ3n) is 4.89. The summed E-state index contributed by atoms with van der Waals surface area (Å²) >= 11 is 0. The first kappa shape index (κ1) is 17.3. The van der Waals surface area contributed by atoms with Gasteiger partial charge in [-0.2, -0.15) is 0 Å². The molecule has 1 unspecified atom stereocenters. The Labute approximate surface area is 134 Å². The number of carbonyl (C=O) groups is 2. The largest absolute Gasteiger partial charge is 0.342 e. The van der Waals surface area contributed by atoms with Gasteiger partial charge in [0.2, 0.25) is 11.8 Å². The van der Waals surface area contributed by atoms with Crippen LogP contribution in [0, 0.1) is 5.92 Å². The molecular formula is C17H31N3O2. The van der Waals surface area contributed by atoms with Gasteiger partial charge in [-0.15, -0.1) is 0 Å². The summed E-state index contributed by atoms with van der Waals surface area (Å²) in [4.78, 5) is 30.8. The Kier molecular flexibility index (Phi) is 6.68. The summed E-state index contributed by atoms with van der Waals surface area (Å²) in [6, 6.07) is 0. The summed E-state index contributed by atoms with van der Waals surface area (Å²) in [5, 5.41) is 0. The van der Waals surface area contributed by atoms with Crippen LogP contribution in [-0.4, -0.2) is 72.3 Å². The van der Waals surface area contributed by atoms with Gasteiger partial charge < -0.3 is 9.80 Å². The molecule has 0 aromatic rings. The maximum Gasteiger partial charge on any atom is 0.236 e. The van der Waals surface area contributed by atoms with Crippen LogP contribution in [-0.2, 0) is 9.59 Å². The Morgan fingerprint density at radius 2 is 1.55 bits per heavy atom. The third kappa shape index (κ3) is 4.70. The smallest absolute Gasteiger partial charge is 0.236 e. The first-order valence-corrected chi connectivity index (χ1v) is 8.90. The molecule has 0 spiro atoms. The highest BCUT2D eigenvalue weighted by molar-refractivity contribution is 5.79. The minimum absolute atomic E-state index is 0.131. The molecule has 126 valence electrons. The molecule has 5 nitrogen and oxygen atoms in total. The Morgan fingerprint density at radius 3 is 2.14 bits per heavy atom. The topological polar surface area (TPSA) is 43.9 Å². The van der Waals surface area contributed by atoms with E-state index < -0.39 is 0 Å². The lowest BCUT2D eigenvalue weighted by molar-refractivity contribution is -0.138. The number of amides is 2. The first-order chi connectivity index (χ1) is 10.6. The number of piperazine rings is 1. The monoisotopic (exact) mass is 309 g/mol. The third-order valence-corrected chi connectivity index (χ3v) is 4.89. The molecule has 0 aliphatic carbocycles. The highest BCUT2D eigenvalue weighted by Gasteiger charge is 2.26. The van der Waals surface area contributed by atoms with Crippen molar-refractivity contribution in [1.29, 1.82) is 0 Å². The maximum atomic E-state index is 12.3. The van der Waals surface area contributed by atoms with Gasteiger partial charge in [-0.05, 0) is 25.7 Å². The minimum Gasteiger partial charge on any atom is -0.342 e. The molecule has 2 rings (SSSR count). The Bertz CT molecular complexity index is 372. The normalized spacial score (nSPS) is 21.7. The molecule has 2 heterocycles. The van der Waals surface area contributed by atoms with Crippen molar-refractivity contribution >= 4 is 11.8 Å². The van der Waals surface area contributed by atoms with Gasteiger partial charge in [-0.25, -0.2) is 0 Å². The van der Waals surface area contributed by atoms with Crippen molar-refractivity contribution in [1.82, 2.24) is 14.7 Å². The molecular weight excluding hydrogens is 278 g/mol. The van der Waals surface area contributed by atoms with E-state index in [1.807, 2.05) is 16.7 Å². The summed E-state index contributed by atoms with van der Waals surface area (Å²) in [5.74, 6) is 0.675. The second-order valence-electron chi connectivity index (χ2n) is 6.73. The van der Waals surface area contributed by atoms with E-state index in [1.165, 1.54) is 6.42 Å². The summed E-state index contributed by atoms with van der Waals surface area (Å²) in [5.41, 5.74) is 0. The van der Waals surface area contributed by atoms with Crippen molar-refractivity contribution in [3.05, 3.63) is 0 Å². The fraction of sp³-hybridized carbons (Fsp3) is 0.882. The van der Waals surface area contributed by atoms with Crippen LogP contribution in [0.2, 0.25) is 0 Å². The zero-order valence-corrected chi connectivity index (χ0v) is 14.2. The summed E-state index contributed by atoms with van der Waals surface area (Å²) in [6.45, 7) is 9.69. The Balaban J connectivity index is 1.72. The summed E-state index contributed by atoms with van der Waals surface area (Å²) < 4.78 is 0. The van der Waals surface area contributed by atoms with Gasteiger partial charge in [0.1, 0.15) is 0 Å². The van der Waals surface area contributed by atoms with Gasteiger partial charge >= 0.3 is 0 Å². The van der Waals surface area contributed by atoms with Crippen LogP contribution in [0.25, 0.3) is 0 Å². The second kappa shape index (κ2) is 8.51. The standard InChI is InChI=1S/C17H31N3O2/c1-3-7-15(2)17(22)20-12-10-18(11-13-20)14-16(21)19-8-5-4-6-9-19/h15H,3-14H2,1-2H3. The highest BCUT2D eigenvalue weighted by atomic mass is 16.2. The molecule has 2 fully saturated rings. The van der Waals surface area contributed by atoms with Crippen LogP contribution in [0.1, 0.15) is 46.0 Å². The summed E-state index contributed by atoms with van der Waals surface area (Å²) in [6.07, 6.45) is 5.55. The van der Waals surface area contributed by atoms with E-state index in [1.54, 1.807) is 0 Å². The molecule has 2 aliphatic rings. The van der Waals surface area contributed by atoms with Crippen molar-refractivity contribution in [3.8, 4) is 0 Å². The van der Waals surface area contributed by atoms with Gasteiger partial charge in [0.15, 0.2) is 0 Å². The highest BCUT2D eigenvalue weighted by Crippen LogP contribution is 2.13. The average Bonchev–Trinajstić information content (AvgIpc) is 2.56. The van der Waals surface area contributed by atoms with Crippen molar-refractivity contribution in [2.24, 2.45) is 5.92 Å². The fourth-order valence-electron chi connectivity index (χ4n) is 3.43. The van der Waals surface area contributed by atoms with Crippen LogP contribution in [0.3, 0.4) is 0 Å². The van der Waals surface area contributed by atoms with Crippen LogP contribution >= 0.6 is 0 Å². The zero-order valence-electron chi connectivity index (χ0n) is 14.2. The van der Waals surface area contributed by atoms with Crippen LogP contribution in [0.4, 0.5) is 0 Å². The van der Waals surface area contributed by atoms with Crippen LogP contribution < -0.4 is 0 Å². The maximum absolute atomic E-state index is 12.3. The van der Waals surface area contributed by atoms with Crippen LogP contribution in [0.5, 0.6) is 0 Å². The van der Waals surface area contributed by atoms with E-state index in [9.17, 15) is 9.59 Å². The van der Waals surface area contributed by atoms with E-state index in [-0.39, 0.29) is 17.7 Å². The van der Waals surface area contributed by atoms with Gasteiger partial charge in [0.05, 0.1) is 6.54 Å². The molecule has 1 atom stereocenters. The summed E-state index contributed by atoms with van der Waals surface area (Å²) in [7, 11) is 0. The van der Waals surface area contributed by atoms with Gasteiger partial charge in [0, 0.05) is 45.2 Å². The second-order valence-corrected chi connectivity index (χ2v) is 6.73. The molecule has 2 saturated heterocycles. The van der Waals surface area contributed by atoms with E-state index >= 15 is 0 Å². The lowest BCUT2D eigenvalue weighted by Gasteiger charge is -2.37. The van der Waals surface area contributed by atoms with E-state index in [0.717, 1.165) is 65.0 Å². The predicted molar refractivity (Wildman–Crippen MR) is 87.5 cm³/mol. The molecule has 0 N–H and O–H groups in total. The molecule has 0 saturated carbocycles. The van der Waals surface area contributed by atoms with Crippen molar-refractivity contribution in [3.63, 3.8) is 0 Å². The van der Waals surface area contributed by atoms with Crippen LogP contribution in [0.15, 0.2) is 0 Å². The van der Waals surface area contributed by atoms with E-state index in [2.05, 4.69) is 11.8 Å². The molecule has 0 aromatic heterocycles. The lowest BCUT2D eigenvalue weighted by atomic mass is 10.0. The van der Waals surface area contributed by atoms with Gasteiger partial charge in [-0.3, -0.25) is 14.5 Å². The zero-order chi connectivity index (χ0) is 15.9. The average molecular weight is 309 g/mol. The number of piperidine rings is 1. The minimum atomic E-state index is 0.131. The van der Waals surface area contributed by atoms with Crippen molar-refractivity contribution in [2.45, 2.75) is 46.0 Å². The lowest BCUT2D eigenvalue weighted by Crippen LogP contribution is -2.52. The predicted octanol–water partition coefficient (Wildman–Crippen LogP) is 1.58. The fourth-order valence-corrected chi connectivity index (χ4v) is 3.43. The molecule has 2 aliphatic heterocycles. The number of likely N-dealkylation sites (tertiary alicyclic amines) is 1. The van der Waals surface area contributed by atoms with Gasteiger partial charge in [-0.1, -0.05) is 20.3 Å². The Hall–Kier alpha value is -1.10. The van der Waals surface area contributed by atoms with Gasteiger partial charge in [0.25, 0.3) is 0 Å². The van der Waals surface area contributed by atoms with E-state index in [4.69, 9.17) is 0 Å². The quantitative estimate of drug-likeness (QED) is 0.774. The molecule has 5 heteroatoms. The SMILES string of the molecule is CCCC(C)C(=O)N1CCN(CC(=O)N2CCCCC2)CC1. The van der Waals surface area contributed by atoms with E-state index in [0.29, 0.717) is 6.54 Å². The first-order valence-electron chi connectivity index (χ1n) is 8.90. The number of hydrogen-bond donors (Lipinski definition) is 0. The molecule has 0 bridgehead atoms. The number of rotatable bonds is 5. The molecule has 0 radical (unpaired) electrons. The molecule has 0 aromatic carbocycles. The van der Waals surface area contributed by atoms with Crippen molar-refractivity contribution < 1.29 is 9.59 Å². The molecule has 2 amide bonds. The number of hydrogen-bond acceptors (Lipinski definition) is 3. The number of carbonyl (C=O) groups excluding carboxylic acids is 2. The number of nitrogens with zero attached hydrogens (tertiary/aromatic N) is 3. The Morgan fingerprint density at radius 1 is 0.909 bits per heavy atom.